The summed E-state index contributed by atoms with van der Waals surface area (Å²) in [6, 6.07) is 4.61. The second-order valence-electron chi connectivity index (χ2n) is 5.81. The Labute approximate surface area is 124 Å². The number of hydrogen-bond donors (Lipinski definition) is 1. The second-order valence-corrected chi connectivity index (χ2v) is 5.81. The maximum Gasteiger partial charge on any atom is 0.273 e. The highest BCUT2D eigenvalue weighted by Gasteiger charge is 2.16. The third kappa shape index (κ3) is 4.28. The van der Waals surface area contributed by atoms with Gasteiger partial charge in [0.25, 0.3) is 11.6 Å². The molecule has 0 saturated heterocycles. The van der Waals surface area contributed by atoms with Gasteiger partial charge in [-0.3, -0.25) is 14.9 Å². The molecule has 21 heavy (non-hydrogen) atoms. The standard InChI is InChI=1S/C16H22N2O3/c1-12-7-8-14(11-15(12)18(20)21)16(19)17-10-9-13-5-3-2-4-6-13/h7-8,11,13H,2-6,9-10H2,1H3,(H,17,19). The summed E-state index contributed by atoms with van der Waals surface area (Å²) in [4.78, 5) is 22.5. The molecule has 0 bridgehead atoms. The van der Waals surface area contributed by atoms with Crippen molar-refractivity contribution in [1.29, 1.82) is 0 Å². The van der Waals surface area contributed by atoms with Crippen molar-refractivity contribution >= 4 is 11.6 Å². The van der Waals surface area contributed by atoms with Crippen LogP contribution in [0.5, 0.6) is 0 Å². The lowest BCUT2D eigenvalue weighted by Crippen LogP contribution is -2.26. The van der Waals surface area contributed by atoms with Crippen LogP contribution in [0.1, 0.15) is 54.4 Å². The number of hydrogen-bond acceptors (Lipinski definition) is 3. The third-order valence-electron chi connectivity index (χ3n) is 4.23. The first kappa shape index (κ1) is 15.5. The van der Waals surface area contributed by atoms with E-state index in [1.54, 1.807) is 19.1 Å². The van der Waals surface area contributed by atoms with Crippen LogP contribution in [-0.4, -0.2) is 17.4 Å². The SMILES string of the molecule is Cc1ccc(C(=O)NCCC2CCCCC2)cc1[N+](=O)[O-]. The Balaban J connectivity index is 1.88. The molecule has 2 rings (SSSR count). The normalized spacial score (nSPS) is 15.7. The zero-order valence-electron chi connectivity index (χ0n) is 12.4. The Kier molecular flexibility index (Phi) is 5.31. The van der Waals surface area contributed by atoms with Gasteiger partial charge in [-0.15, -0.1) is 0 Å². The zero-order valence-corrected chi connectivity index (χ0v) is 12.4. The summed E-state index contributed by atoms with van der Waals surface area (Å²) in [5, 5.41) is 13.8. The topological polar surface area (TPSA) is 72.2 Å². The van der Waals surface area contributed by atoms with Crippen LogP contribution in [0.15, 0.2) is 18.2 Å². The molecule has 1 amide bonds. The predicted molar refractivity (Wildman–Crippen MR) is 81.4 cm³/mol. The fraction of sp³-hybridized carbons (Fsp3) is 0.562. The summed E-state index contributed by atoms with van der Waals surface area (Å²) in [6.07, 6.45) is 7.43. The number of rotatable bonds is 5. The lowest BCUT2D eigenvalue weighted by atomic mass is 9.87. The van der Waals surface area contributed by atoms with Gasteiger partial charge in [0, 0.05) is 23.7 Å². The molecule has 0 aliphatic heterocycles. The van der Waals surface area contributed by atoms with Crippen molar-refractivity contribution in [2.45, 2.75) is 45.4 Å². The Morgan fingerprint density at radius 3 is 2.71 bits per heavy atom. The Bertz CT molecular complexity index is 522. The summed E-state index contributed by atoms with van der Waals surface area (Å²) in [5.41, 5.74) is 0.921. The summed E-state index contributed by atoms with van der Waals surface area (Å²) in [5.74, 6) is 0.486. The fourth-order valence-electron chi connectivity index (χ4n) is 2.92. The fourth-order valence-corrected chi connectivity index (χ4v) is 2.92. The minimum atomic E-state index is -0.450. The zero-order chi connectivity index (χ0) is 15.2. The van der Waals surface area contributed by atoms with E-state index in [1.807, 2.05) is 0 Å². The van der Waals surface area contributed by atoms with Crippen molar-refractivity contribution in [3.05, 3.63) is 39.4 Å². The van der Waals surface area contributed by atoms with Crippen LogP contribution in [-0.2, 0) is 0 Å². The van der Waals surface area contributed by atoms with E-state index in [0.29, 0.717) is 23.6 Å². The van der Waals surface area contributed by atoms with Gasteiger partial charge in [-0.25, -0.2) is 0 Å². The molecular weight excluding hydrogens is 268 g/mol. The summed E-state index contributed by atoms with van der Waals surface area (Å²) in [6.45, 7) is 2.31. The molecule has 0 radical (unpaired) electrons. The van der Waals surface area contributed by atoms with Crippen molar-refractivity contribution in [3.63, 3.8) is 0 Å². The van der Waals surface area contributed by atoms with Crippen LogP contribution < -0.4 is 5.32 Å². The quantitative estimate of drug-likeness (QED) is 0.665. The molecule has 0 spiro atoms. The van der Waals surface area contributed by atoms with E-state index in [4.69, 9.17) is 0 Å². The maximum absolute atomic E-state index is 12.0. The summed E-state index contributed by atoms with van der Waals surface area (Å²) < 4.78 is 0. The Hall–Kier alpha value is -1.91. The molecule has 0 heterocycles. The number of nitrogens with zero attached hydrogens (tertiary/aromatic N) is 1. The van der Waals surface area contributed by atoms with Gasteiger partial charge < -0.3 is 5.32 Å². The number of nitro groups is 1. The molecule has 1 aliphatic carbocycles. The monoisotopic (exact) mass is 290 g/mol. The highest BCUT2D eigenvalue weighted by Crippen LogP contribution is 2.25. The lowest BCUT2D eigenvalue weighted by molar-refractivity contribution is -0.385. The highest BCUT2D eigenvalue weighted by atomic mass is 16.6. The van der Waals surface area contributed by atoms with Crippen LogP contribution >= 0.6 is 0 Å². The number of nitro benzene ring substituents is 1. The molecule has 1 aromatic carbocycles. The minimum absolute atomic E-state index is 0.00469. The maximum atomic E-state index is 12.0. The third-order valence-corrected chi connectivity index (χ3v) is 4.23. The van der Waals surface area contributed by atoms with E-state index in [-0.39, 0.29) is 11.6 Å². The first-order valence-corrected chi connectivity index (χ1v) is 7.61. The number of carbonyl (C=O) groups is 1. The number of benzene rings is 1. The van der Waals surface area contributed by atoms with E-state index in [2.05, 4.69) is 5.32 Å². The smallest absolute Gasteiger partial charge is 0.273 e. The van der Waals surface area contributed by atoms with Gasteiger partial charge in [0.15, 0.2) is 0 Å². The van der Waals surface area contributed by atoms with Crippen molar-refractivity contribution < 1.29 is 9.72 Å². The molecule has 0 aromatic heterocycles. The molecule has 114 valence electrons. The molecule has 1 aromatic rings. The summed E-state index contributed by atoms with van der Waals surface area (Å²) in [7, 11) is 0. The average Bonchev–Trinajstić information content (AvgIpc) is 2.48. The molecule has 1 saturated carbocycles. The van der Waals surface area contributed by atoms with Crippen LogP contribution in [0.2, 0.25) is 0 Å². The van der Waals surface area contributed by atoms with Crippen LogP contribution in [0.25, 0.3) is 0 Å². The van der Waals surface area contributed by atoms with Gasteiger partial charge in [-0.1, -0.05) is 38.2 Å². The van der Waals surface area contributed by atoms with Gasteiger partial charge in [0.05, 0.1) is 4.92 Å². The Morgan fingerprint density at radius 2 is 2.05 bits per heavy atom. The van der Waals surface area contributed by atoms with Crippen LogP contribution in [0.3, 0.4) is 0 Å². The molecule has 0 unspecified atom stereocenters. The molecular formula is C16H22N2O3. The van der Waals surface area contributed by atoms with Crippen molar-refractivity contribution in [3.8, 4) is 0 Å². The van der Waals surface area contributed by atoms with Crippen LogP contribution in [0.4, 0.5) is 5.69 Å². The van der Waals surface area contributed by atoms with Crippen molar-refractivity contribution in [1.82, 2.24) is 5.32 Å². The number of carbonyl (C=O) groups excluding carboxylic acids is 1. The minimum Gasteiger partial charge on any atom is -0.352 e. The van der Waals surface area contributed by atoms with Crippen LogP contribution in [0, 0.1) is 23.0 Å². The molecule has 1 aliphatic rings. The van der Waals surface area contributed by atoms with E-state index < -0.39 is 4.92 Å². The second kappa shape index (κ2) is 7.20. The van der Waals surface area contributed by atoms with E-state index in [0.717, 1.165) is 6.42 Å². The van der Waals surface area contributed by atoms with E-state index in [9.17, 15) is 14.9 Å². The lowest BCUT2D eigenvalue weighted by Gasteiger charge is -2.21. The summed E-state index contributed by atoms with van der Waals surface area (Å²) >= 11 is 0. The van der Waals surface area contributed by atoms with Gasteiger partial charge in [0.1, 0.15) is 0 Å². The Morgan fingerprint density at radius 1 is 1.33 bits per heavy atom. The van der Waals surface area contributed by atoms with Gasteiger partial charge in [0.2, 0.25) is 0 Å². The first-order valence-electron chi connectivity index (χ1n) is 7.61. The largest absolute Gasteiger partial charge is 0.352 e. The molecule has 0 atom stereocenters. The highest BCUT2D eigenvalue weighted by molar-refractivity contribution is 5.94. The average molecular weight is 290 g/mol. The van der Waals surface area contributed by atoms with E-state index in [1.165, 1.54) is 38.2 Å². The van der Waals surface area contributed by atoms with Crippen molar-refractivity contribution in [2.24, 2.45) is 5.92 Å². The van der Waals surface area contributed by atoms with Gasteiger partial charge in [-0.05, 0) is 25.3 Å². The van der Waals surface area contributed by atoms with Gasteiger partial charge in [-0.2, -0.15) is 0 Å². The number of aryl methyl sites for hydroxylation is 1. The number of nitrogens with one attached hydrogen (secondary N) is 1. The van der Waals surface area contributed by atoms with Crippen molar-refractivity contribution in [2.75, 3.05) is 6.54 Å². The molecule has 5 heteroatoms. The molecule has 1 fully saturated rings. The first-order chi connectivity index (χ1) is 10.1. The van der Waals surface area contributed by atoms with Gasteiger partial charge >= 0.3 is 0 Å². The molecule has 5 nitrogen and oxygen atoms in total. The predicted octanol–water partition coefficient (Wildman–Crippen LogP) is 3.60. The molecule has 1 N–H and O–H groups in total. The van der Waals surface area contributed by atoms with E-state index >= 15 is 0 Å². The number of amides is 1.